The number of benzene rings is 3. The lowest BCUT2D eigenvalue weighted by Crippen LogP contribution is -2.52. The summed E-state index contributed by atoms with van der Waals surface area (Å²) < 4.78 is 14.5. The third-order valence-corrected chi connectivity index (χ3v) is 6.53. The Kier molecular flexibility index (Phi) is 9.70. The van der Waals surface area contributed by atoms with Gasteiger partial charge in [0.05, 0.1) is 6.42 Å². The van der Waals surface area contributed by atoms with Crippen LogP contribution in [0.4, 0.5) is 4.39 Å². The molecule has 0 heterocycles. The number of nitrogens with zero attached hydrogens (tertiary/aromatic N) is 1. The lowest BCUT2D eigenvalue weighted by Gasteiger charge is -2.32. The highest BCUT2D eigenvalue weighted by Gasteiger charge is 2.31. The first-order valence-corrected chi connectivity index (χ1v) is 12.3. The van der Waals surface area contributed by atoms with E-state index < -0.39 is 17.8 Å². The van der Waals surface area contributed by atoms with Crippen LogP contribution in [0, 0.1) is 5.82 Å². The standard InChI is InChI=1S/C28H29Cl2FN2O2/c1-3-19(2)32-28(35)26(16-20-8-5-4-6-9-20)33(18-21-12-14-22(29)15-13-21)27(34)17-23-24(30)10-7-11-25(23)31/h4-15,19,26H,3,16-18H2,1-2H3,(H,32,35)/t19-,26-/m1/s1. The highest BCUT2D eigenvalue weighted by Crippen LogP contribution is 2.23. The van der Waals surface area contributed by atoms with E-state index in [0.29, 0.717) is 11.4 Å². The largest absolute Gasteiger partial charge is 0.352 e. The van der Waals surface area contributed by atoms with Gasteiger partial charge in [-0.25, -0.2) is 4.39 Å². The fourth-order valence-electron chi connectivity index (χ4n) is 3.74. The molecule has 0 bridgehead atoms. The van der Waals surface area contributed by atoms with Gasteiger partial charge in [-0.3, -0.25) is 9.59 Å². The van der Waals surface area contributed by atoms with E-state index in [4.69, 9.17) is 23.2 Å². The van der Waals surface area contributed by atoms with Gasteiger partial charge in [-0.15, -0.1) is 0 Å². The first-order valence-electron chi connectivity index (χ1n) is 11.6. The maximum absolute atomic E-state index is 14.5. The summed E-state index contributed by atoms with van der Waals surface area (Å²) in [5, 5.41) is 3.76. The van der Waals surface area contributed by atoms with Crippen molar-refractivity contribution in [1.29, 1.82) is 0 Å². The fraction of sp³-hybridized carbons (Fsp3) is 0.286. The van der Waals surface area contributed by atoms with Gasteiger partial charge in [0.15, 0.2) is 0 Å². The van der Waals surface area contributed by atoms with Crippen LogP contribution in [0.5, 0.6) is 0 Å². The van der Waals surface area contributed by atoms with Crippen LogP contribution in [0.3, 0.4) is 0 Å². The van der Waals surface area contributed by atoms with Crippen LogP contribution in [-0.4, -0.2) is 28.8 Å². The van der Waals surface area contributed by atoms with Gasteiger partial charge in [0.2, 0.25) is 11.8 Å². The van der Waals surface area contributed by atoms with Crippen LogP contribution in [0.1, 0.15) is 37.0 Å². The molecule has 0 aliphatic heterocycles. The van der Waals surface area contributed by atoms with E-state index in [9.17, 15) is 14.0 Å². The second kappa shape index (κ2) is 12.7. The quantitative estimate of drug-likeness (QED) is 0.348. The molecule has 2 amide bonds. The summed E-state index contributed by atoms with van der Waals surface area (Å²) >= 11 is 12.3. The lowest BCUT2D eigenvalue weighted by molar-refractivity contribution is -0.141. The summed E-state index contributed by atoms with van der Waals surface area (Å²) in [5.41, 5.74) is 1.83. The molecule has 0 spiro atoms. The van der Waals surface area contributed by atoms with Crippen molar-refractivity contribution in [2.24, 2.45) is 0 Å². The van der Waals surface area contributed by atoms with Gasteiger partial charge in [0.1, 0.15) is 11.9 Å². The number of nitrogens with one attached hydrogen (secondary N) is 1. The first-order chi connectivity index (χ1) is 16.8. The van der Waals surface area contributed by atoms with Crippen molar-refractivity contribution in [2.75, 3.05) is 0 Å². The molecule has 1 N–H and O–H groups in total. The van der Waals surface area contributed by atoms with Gasteiger partial charge in [-0.05, 0) is 48.7 Å². The normalized spacial score (nSPS) is 12.6. The maximum Gasteiger partial charge on any atom is 0.243 e. The van der Waals surface area contributed by atoms with Crippen LogP contribution in [-0.2, 0) is 29.0 Å². The Bertz CT molecular complexity index is 1120. The summed E-state index contributed by atoms with van der Waals surface area (Å²) in [6, 6.07) is 20.1. The minimum atomic E-state index is -0.805. The van der Waals surface area contributed by atoms with E-state index in [1.807, 2.05) is 56.3 Å². The molecular weight excluding hydrogens is 486 g/mol. The van der Waals surface area contributed by atoms with Gasteiger partial charge in [0.25, 0.3) is 0 Å². The number of hydrogen-bond acceptors (Lipinski definition) is 2. The Balaban J connectivity index is 2.00. The molecule has 35 heavy (non-hydrogen) atoms. The Morgan fingerprint density at radius 2 is 1.63 bits per heavy atom. The molecule has 0 fully saturated rings. The highest BCUT2D eigenvalue weighted by molar-refractivity contribution is 6.31. The molecule has 3 aromatic rings. The fourth-order valence-corrected chi connectivity index (χ4v) is 4.09. The number of carbonyl (C=O) groups is 2. The first kappa shape index (κ1) is 26.7. The van der Waals surface area contributed by atoms with Gasteiger partial charge in [0, 0.05) is 34.6 Å². The Morgan fingerprint density at radius 3 is 2.26 bits per heavy atom. The molecule has 0 unspecified atom stereocenters. The van der Waals surface area contributed by atoms with Gasteiger partial charge < -0.3 is 10.2 Å². The summed E-state index contributed by atoms with van der Waals surface area (Å²) in [7, 11) is 0. The van der Waals surface area contributed by atoms with Crippen LogP contribution in [0.15, 0.2) is 72.8 Å². The van der Waals surface area contributed by atoms with Crippen molar-refractivity contribution in [3.8, 4) is 0 Å². The summed E-state index contributed by atoms with van der Waals surface area (Å²) in [5.74, 6) is -1.21. The number of amides is 2. The van der Waals surface area contributed by atoms with Crippen molar-refractivity contribution in [3.05, 3.63) is 105 Å². The average molecular weight is 515 g/mol. The SMILES string of the molecule is CC[C@@H](C)NC(=O)[C@@H](Cc1ccccc1)N(Cc1ccc(Cl)cc1)C(=O)Cc1c(F)cccc1Cl. The Morgan fingerprint density at radius 1 is 0.943 bits per heavy atom. The minimum absolute atomic E-state index is 0.0609. The topological polar surface area (TPSA) is 49.4 Å². The van der Waals surface area contributed by atoms with Crippen LogP contribution >= 0.6 is 23.2 Å². The molecule has 7 heteroatoms. The molecule has 3 rings (SSSR count). The van der Waals surface area contributed by atoms with E-state index in [0.717, 1.165) is 17.5 Å². The smallest absolute Gasteiger partial charge is 0.243 e. The number of carbonyl (C=O) groups excluding carboxylic acids is 2. The predicted octanol–water partition coefficient (Wildman–Crippen LogP) is 6.23. The third-order valence-electron chi connectivity index (χ3n) is 5.93. The van der Waals surface area contributed by atoms with Crippen molar-refractivity contribution in [3.63, 3.8) is 0 Å². The van der Waals surface area contributed by atoms with Gasteiger partial charge >= 0.3 is 0 Å². The van der Waals surface area contributed by atoms with Crippen LogP contribution in [0.25, 0.3) is 0 Å². The minimum Gasteiger partial charge on any atom is -0.352 e. The second-order valence-corrected chi connectivity index (χ2v) is 9.39. The van der Waals surface area contributed by atoms with Crippen molar-refractivity contribution >= 4 is 35.0 Å². The van der Waals surface area contributed by atoms with Gasteiger partial charge in [-0.1, -0.05) is 78.7 Å². The highest BCUT2D eigenvalue weighted by atomic mass is 35.5. The number of halogens is 3. The van der Waals surface area contributed by atoms with E-state index in [-0.39, 0.29) is 35.5 Å². The van der Waals surface area contributed by atoms with E-state index in [1.54, 1.807) is 18.2 Å². The third kappa shape index (κ3) is 7.55. The average Bonchev–Trinajstić information content (AvgIpc) is 2.85. The van der Waals surface area contributed by atoms with Crippen molar-refractivity contribution in [2.45, 2.75) is 51.7 Å². The molecule has 184 valence electrons. The number of rotatable bonds is 10. The summed E-state index contributed by atoms with van der Waals surface area (Å²) in [6.45, 7) is 4.06. The monoisotopic (exact) mass is 514 g/mol. The molecule has 0 saturated heterocycles. The van der Waals surface area contributed by atoms with Crippen LogP contribution in [0.2, 0.25) is 10.0 Å². The van der Waals surface area contributed by atoms with E-state index in [2.05, 4.69) is 5.32 Å². The summed E-state index contributed by atoms with van der Waals surface area (Å²) in [4.78, 5) is 28.7. The second-order valence-electron chi connectivity index (χ2n) is 8.55. The summed E-state index contributed by atoms with van der Waals surface area (Å²) in [6.07, 6.45) is 0.800. The van der Waals surface area contributed by atoms with Crippen molar-refractivity contribution in [1.82, 2.24) is 10.2 Å². The van der Waals surface area contributed by atoms with Crippen molar-refractivity contribution < 1.29 is 14.0 Å². The molecule has 0 aliphatic rings. The maximum atomic E-state index is 14.5. The number of hydrogen-bond donors (Lipinski definition) is 1. The van der Waals surface area contributed by atoms with E-state index >= 15 is 0 Å². The molecule has 3 aromatic carbocycles. The molecular formula is C28H29Cl2FN2O2. The molecule has 0 saturated carbocycles. The van der Waals surface area contributed by atoms with Gasteiger partial charge in [-0.2, -0.15) is 0 Å². The molecule has 0 aromatic heterocycles. The molecule has 2 atom stereocenters. The zero-order valence-corrected chi connectivity index (χ0v) is 21.3. The Hall–Kier alpha value is -2.89. The Labute approximate surface area is 216 Å². The zero-order chi connectivity index (χ0) is 25.4. The molecule has 4 nitrogen and oxygen atoms in total. The zero-order valence-electron chi connectivity index (χ0n) is 19.8. The molecule has 0 radical (unpaired) electrons. The lowest BCUT2D eigenvalue weighted by atomic mass is 10.0. The van der Waals surface area contributed by atoms with Crippen LogP contribution < -0.4 is 5.32 Å². The predicted molar refractivity (Wildman–Crippen MR) is 139 cm³/mol. The molecule has 0 aliphatic carbocycles. The van der Waals surface area contributed by atoms with E-state index in [1.165, 1.54) is 17.0 Å².